The highest BCUT2D eigenvalue weighted by Crippen LogP contribution is 2.18. The van der Waals surface area contributed by atoms with E-state index in [-0.39, 0.29) is 34.8 Å². The van der Waals surface area contributed by atoms with Crippen LogP contribution in [0.2, 0.25) is 15.9 Å². The molecular formula is C36H35Cl3N10O2. The van der Waals surface area contributed by atoms with Crippen LogP contribution in [0.25, 0.3) is 0 Å². The third kappa shape index (κ3) is 12.3. The van der Waals surface area contributed by atoms with E-state index in [9.17, 15) is 9.59 Å². The summed E-state index contributed by atoms with van der Waals surface area (Å²) in [5, 5.41) is 6.16. The number of nitrogens with one attached hydrogen (secondary N) is 2. The summed E-state index contributed by atoms with van der Waals surface area (Å²) in [6, 6.07) is 28.4. The van der Waals surface area contributed by atoms with E-state index < -0.39 is 0 Å². The second kappa shape index (κ2) is 18.9. The predicted octanol–water partition coefficient (Wildman–Crippen LogP) is 8.05. The van der Waals surface area contributed by atoms with Crippen molar-refractivity contribution in [1.82, 2.24) is 29.9 Å². The number of halogens is 3. The summed E-state index contributed by atoms with van der Waals surface area (Å²) in [6.07, 6.45) is 0. The van der Waals surface area contributed by atoms with Crippen molar-refractivity contribution in [2.24, 2.45) is 0 Å². The van der Waals surface area contributed by atoms with Gasteiger partial charge in [-0.1, -0.05) is 7.43 Å². The lowest BCUT2D eigenvalue weighted by Gasteiger charge is -2.07. The van der Waals surface area contributed by atoms with Gasteiger partial charge < -0.3 is 22.1 Å². The summed E-state index contributed by atoms with van der Waals surface area (Å²) in [4.78, 5) is 47.5. The van der Waals surface area contributed by atoms with Gasteiger partial charge in [-0.3, -0.25) is 9.59 Å². The molecule has 6 aromatic rings. The van der Waals surface area contributed by atoms with Crippen molar-refractivity contribution in [3.05, 3.63) is 147 Å². The van der Waals surface area contributed by atoms with Crippen LogP contribution in [0.3, 0.4) is 0 Å². The Morgan fingerprint density at radius 3 is 1.16 bits per heavy atom. The number of benzene rings is 4. The number of nitrogens with zero attached hydrogens (tertiary/aromatic N) is 6. The fraction of sp³-hybridized carbons (Fsp3) is 0.111. The van der Waals surface area contributed by atoms with E-state index in [1.165, 1.54) is 0 Å². The standard InChI is InChI=1S/C19H19N5O.C13H12N2O.C3Cl3N3.CH4/c1-12-21-13(2)23-19(22-12)24-17-10-6-15(7-11-17)18(25)14-4-8-16(20-3)9-5-14;14-11-5-1-9(2-6-11)13(16)10-3-7-12(15)8-4-10;4-1-7-2(5)9-3(6)8-1;/h4-11,20H,1-3H3,(H,21,22,23,24);1-8H,14-15H2;;1H4. The molecule has 0 saturated carbocycles. The minimum absolute atomic E-state index is 0. The van der Waals surface area contributed by atoms with Crippen molar-refractivity contribution in [2.75, 3.05) is 29.1 Å². The van der Waals surface area contributed by atoms with Crippen molar-refractivity contribution < 1.29 is 9.59 Å². The number of anilines is 5. The van der Waals surface area contributed by atoms with Crippen molar-refractivity contribution in [3.63, 3.8) is 0 Å². The Kier molecular flexibility index (Phi) is 14.7. The zero-order valence-electron chi connectivity index (χ0n) is 27.0. The molecule has 262 valence electrons. The van der Waals surface area contributed by atoms with Crippen LogP contribution < -0.4 is 22.1 Å². The smallest absolute Gasteiger partial charge is 0.230 e. The Hall–Kier alpha value is -5.69. The summed E-state index contributed by atoms with van der Waals surface area (Å²) < 4.78 is 0. The highest BCUT2D eigenvalue weighted by molar-refractivity contribution is 6.33. The number of carbonyl (C=O) groups excluding carboxylic acids is 2. The number of nitrogens with two attached hydrogens (primary N) is 2. The molecule has 0 atom stereocenters. The molecule has 2 heterocycles. The van der Waals surface area contributed by atoms with Gasteiger partial charge in [0.2, 0.25) is 21.8 Å². The number of nitrogen functional groups attached to an aromatic ring is 2. The van der Waals surface area contributed by atoms with Gasteiger partial charge in [-0.25, -0.2) is 4.98 Å². The van der Waals surface area contributed by atoms with Gasteiger partial charge in [0.05, 0.1) is 0 Å². The second-order valence-electron chi connectivity index (χ2n) is 10.3. The normalized spacial score (nSPS) is 9.92. The summed E-state index contributed by atoms with van der Waals surface area (Å²) in [5.41, 5.74) is 16.7. The van der Waals surface area contributed by atoms with E-state index in [1.807, 2.05) is 57.3 Å². The van der Waals surface area contributed by atoms with Crippen molar-refractivity contribution in [2.45, 2.75) is 21.3 Å². The maximum Gasteiger partial charge on any atom is 0.230 e. The van der Waals surface area contributed by atoms with Crippen LogP contribution in [-0.4, -0.2) is 48.5 Å². The molecule has 0 radical (unpaired) electrons. The lowest BCUT2D eigenvalue weighted by atomic mass is 10.0. The SMILES string of the molecule is C.CNc1ccc(C(=O)c2ccc(Nc3nc(C)nc(C)n3)cc2)cc1.Clc1nc(Cl)nc(Cl)n1.Nc1ccc(C(=O)c2ccc(N)cc2)cc1. The van der Waals surface area contributed by atoms with E-state index in [0.29, 0.717) is 51.2 Å². The Morgan fingerprint density at radius 2 is 0.824 bits per heavy atom. The predicted molar refractivity (Wildman–Crippen MR) is 205 cm³/mol. The van der Waals surface area contributed by atoms with Gasteiger partial charge in [0.15, 0.2) is 11.6 Å². The van der Waals surface area contributed by atoms with Crippen LogP contribution in [-0.2, 0) is 0 Å². The first-order chi connectivity index (χ1) is 23.9. The topological polar surface area (TPSA) is 188 Å². The van der Waals surface area contributed by atoms with E-state index in [0.717, 1.165) is 11.4 Å². The van der Waals surface area contributed by atoms with E-state index in [2.05, 4.69) is 40.5 Å². The highest BCUT2D eigenvalue weighted by atomic mass is 35.5. The van der Waals surface area contributed by atoms with Gasteiger partial charge in [-0.05, 0) is 146 Å². The fourth-order valence-electron chi connectivity index (χ4n) is 4.20. The van der Waals surface area contributed by atoms with Gasteiger partial charge in [0, 0.05) is 52.1 Å². The highest BCUT2D eigenvalue weighted by Gasteiger charge is 2.10. The van der Waals surface area contributed by atoms with Crippen molar-refractivity contribution in [3.8, 4) is 0 Å². The maximum atomic E-state index is 12.5. The third-order valence-corrected chi connectivity index (χ3v) is 7.10. The first kappa shape index (κ1) is 39.7. The molecule has 0 fully saturated rings. The molecule has 0 aliphatic rings. The fourth-order valence-corrected chi connectivity index (χ4v) is 4.81. The van der Waals surface area contributed by atoms with Crippen molar-refractivity contribution in [1.29, 1.82) is 0 Å². The zero-order valence-corrected chi connectivity index (χ0v) is 29.3. The van der Waals surface area contributed by atoms with Gasteiger partial charge in [-0.2, -0.15) is 24.9 Å². The molecule has 15 heteroatoms. The van der Waals surface area contributed by atoms with Gasteiger partial charge in [0.1, 0.15) is 11.6 Å². The zero-order chi connectivity index (χ0) is 36.2. The molecule has 4 aromatic carbocycles. The molecule has 2 aromatic heterocycles. The molecule has 0 aliphatic carbocycles. The van der Waals surface area contributed by atoms with Gasteiger partial charge in [-0.15, -0.1) is 0 Å². The van der Waals surface area contributed by atoms with Crippen LogP contribution in [0.1, 0.15) is 50.9 Å². The van der Waals surface area contributed by atoms with E-state index >= 15 is 0 Å². The first-order valence-corrected chi connectivity index (χ1v) is 15.9. The molecule has 12 nitrogen and oxygen atoms in total. The molecule has 0 bridgehead atoms. The number of hydrogen-bond acceptors (Lipinski definition) is 12. The van der Waals surface area contributed by atoms with Crippen molar-refractivity contribution >= 4 is 75.1 Å². The molecule has 0 spiro atoms. The number of rotatable bonds is 7. The monoisotopic (exact) mass is 744 g/mol. The molecule has 6 N–H and O–H groups in total. The molecular weight excluding hydrogens is 711 g/mol. The van der Waals surface area contributed by atoms with Crippen LogP contribution in [0.5, 0.6) is 0 Å². The number of hydrogen-bond donors (Lipinski definition) is 4. The van der Waals surface area contributed by atoms with Crippen LogP contribution in [0, 0.1) is 13.8 Å². The largest absolute Gasteiger partial charge is 0.399 e. The van der Waals surface area contributed by atoms with E-state index in [4.69, 9.17) is 46.3 Å². The second-order valence-corrected chi connectivity index (χ2v) is 11.3. The lowest BCUT2D eigenvalue weighted by molar-refractivity contribution is 0.103. The Labute approximate surface area is 310 Å². The van der Waals surface area contributed by atoms with Crippen LogP contribution in [0.15, 0.2) is 97.1 Å². The minimum atomic E-state index is -0.0278. The average Bonchev–Trinajstić information content (AvgIpc) is 3.08. The molecule has 0 saturated heterocycles. The Bertz CT molecular complexity index is 1950. The summed E-state index contributed by atoms with van der Waals surface area (Å²) >= 11 is 16.0. The number of ketones is 2. The lowest BCUT2D eigenvalue weighted by Crippen LogP contribution is -2.04. The maximum absolute atomic E-state index is 12.5. The average molecular weight is 746 g/mol. The number of aryl methyl sites for hydroxylation is 2. The Morgan fingerprint density at radius 1 is 0.510 bits per heavy atom. The van der Waals surface area contributed by atoms with Crippen LogP contribution in [0.4, 0.5) is 28.7 Å². The quantitative estimate of drug-likeness (QED) is 0.0911. The minimum Gasteiger partial charge on any atom is -0.399 e. The first-order valence-electron chi connectivity index (χ1n) is 14.8. The van der Waals surface area contributed by atoms with E-state index in [1.54, 1.807) is 60.7 Å². The van der Waals surface area contributed by atoms with Gasteiger partial charge >= 0.3 is 0 Å². The Balaban J connectivity index is 0.000000230. The molecule has 0 unspecified atom stereocenters. The number of carbonyl (C=O) groups is 2. The summed E-state index contributed by atoms with van der Waals surface area (Å²) in [7, 11) is 1.85. The van der Waals surface area contributed by atoms with Crippen LogP contribution >= 0.6 is 34.8 Å². The molecule has 0 aliphatic heterocycles. The summed E-state index contributed by atoms with van der Waals surface area (Å²) in [6.45, 7) is 3.64. The van der Waals surface area contributed by atoms with Gasteiger partial charge in [0.25, 0.3) is 0 Å². The molecule has 0 amide bonds. The summed E-state index contributed by atoms with van der Waals surface area (Å²) in [5.74, 6) is 1.77. The number of aromatic nitrogens is 6. The molecule has 6 rings (SSSR count). The molecule has 51 heavy (non-hydrogen) atoms. The third-order valence-electron chi connectivity index (χ3n) is 6.60.